The monoisotopic (exact) mass is 314 g/mol. The summed E-state index contributed by atoms with van der Waals surface area (Å²) in [5.41, 5.74) is 0.860. The highest BCUT2D eigenvalue weighted by atomic mass is 16.6. The van der Waals surface area contributed by atoms with Crippen molar-refractivity contribution in [2.75, 3.05) is 6.61 Å². The smallest absolute Gasteiger partial charge is 0.344 e. The summed E-state index contributed by atoms with van der Waals surface area (Å²) >= 11 is 0. The molecule has 0 saturated heterocycles. The van der Waals surface area contributed by atoms with Crippen molar-refractivity contribution in [3.63, 3.8) is 0 Å². The number of hydrogen-bond acceptors (Lipinski definition) is 3. The van der Waals surface area contributed by atoms with Crippen LogP contribution in [0, 0.1) is 0 Å². The van der Waals surface area contributed by atoms with Gasteiger partial charge < -0.3 is 9.47 Å². The van der Waals surface area contributed by atoms with Crippen molar-refractivity contribution < 1.29 is 14.3 Å². The maximum atomic E-state index is 11.7. The lowest BCUT2D eigenvalue weighted by Crippen LogP contribution is -2.27. The molecule has 124 valence electrons. The number of carbonyl (C=O) groups excluding carboxylic acids is 1. The molecule has 1 atom stereocenters. The first kappa shape index (κ1) is 17.3. The summed E-state index contributed by atoms with van der Waals surface area (Å²) < 4.78 is 10.8. The first-order valence-corrected chi connectivity index (χ1v) is 8.17. The maximum Gasteiger partial charge on any atom is 0.344 e. The summed E-state index contributed by atoms with van der Waals surface area (Å²) in [5, 5.41) is 2.30. The highest BCUT2D eigenvalue weighted by Gasteiger charge is 2.16. The zero-order chi connectivity index (χ0) is 17.0. The van der Waals surface area contributed by atoms with Crippen molar-refractivity contribution in [3.05, 3.63) is 42.0 Å². The van der Waals surface area contributed by atoms with Gasteiger partial charge in [0.05, 0.1) is 0 Å². The SMILES string of the molecule is CCC(C)c1ccc2cc(OCC(=O)OC(C)(C)C)ccc2c1. The number of benzene rings is 2. The first-order chi connectivity index (χ1) is 10.8. The summed E-state index contributed by atoms with van der Waals surface area (Å²) in [4.78, 5) is 11.7. The van der Waals surface area contributed by atoms with E-state index < -0.39 is 5.60 Å². The molecule has 0 aromatic heterocycles. The number of rotatable bonds is 5. The summed E-state index contributed by atoms with van der Waals surface area (Å²) in [6.45, 7) is 9.89. The number of carbonyl (C=O) groups is 1. The second-order valence-corrected chi connectivity index (χ2v) is 6.95. The lowest BCUT2D eigenvalue weighted by molar-refractivity contribution is -0.157. The lowest BCUT2D eigenvalue weighted by atomic mass is 9.96. The second-order valence-electron chi connectivity index (χ2n) is 6.95. The quantitative estimate of drug-likeness (QED) is 0.722. The van der Waals surface area contributed by atoms with Crippen LogP contribution < -0.4 is 4.74 Å². The minimum atomic E-state index is -0.490. The first-order valence-electron chi connectivity index (χ1n) is 8.17. The van der Waals surface area contributed by atoms with Crippen LogP contribution in [0.1, 0.15) is 52.5 Å². The molecule has 3 heteroatoms. The van der Waals surface area contributed by atoms with Crippen molar-refractivity contribution in [2.45, 2.75) is 52.6 Å². The van der Waals surface area contributed by atoms with Crippen LogP contribution in [-0.4, -0.2) is 18.2 Å². The van der Waals surface area contributed by atoms with Gasteiger partial charge in [-0.25, -0.2) is 4.79 Å². The molecule has 0 aliphatic heterocycles. The van der Waals surface area contributed by atoms with Gasteiger partial charge in [-0.15, -0.1) is 0 Å². The molecule has 0 heterocycles. The highest BCUT2D eigenvalue weighted by Crippen LogP contribution is 2.26. The molecule has 3 nitrogen and oxygen atoms in total. The fraction of sp³-hybridized carbons (Fsp3) is 0.450. The zero-order valence-corrected chi connectivity index (χ0v) is 14.7. The Bertz CT molecular complexity index is 683. The van der Waals surface area contributed by atoms with E-state index >= 15 is 0 Å². The van der Waals surface area contributed by atoms with Crippen molar-refractivity contribution in [2.24, 2.45) is 0 Å². The largest absolute Gasteiger partial charge is 0.482 e. The van der Waals surface area contributed by atoms with E-state index in [1.807, 2.05) is 39.0 Å². The van der Waals surface area contributed by atoms with Gasteiger partial charge in [-0.1, -0.05) is 38.1 Å². The van der Waals surface area contributed by atoms with Crippen molar-refractivity contribution in [1.82, 2.24) is 0 Å². The number of esters is 1. The van der Waals surface area contributed by atoms with Gasteiger partial charge in [0.15, 0.2) is 6.61 Å². The van der Waals surface area contributed by atoms with E-state index in [-0.39, 0.29) is 12.6 Å². The van der Waals surface area contributed by atoms with Gasteiger partial charge in [0, 0.05) is 0 Å². The molecular weight excluding hydrogens is 288 g/mol. The number of fused-ring (bicyclic) bond motifs is 1. The van der Waals surface area contributed by atoms with Crippen LogP contribution in [0.25, 0.3) is 10.8 Å². The molecule has 0 saturated carbocycles. The highest BCUT2D eigenvalue weighted by molar-refractivity contribution is 5.84. The summed E-state index contributed by atoms with van der Waals surface area (Å²) in [5.74, 6) is 0.881. The summed E-state index contributed by atoms with van der Waals surface area (Å²) in [6, 6.07) is 12.4. The molecule has 2 aromatic rings. The van der Waals surface area contributed by atoms with Crippen LogP contribution in [0.15, 0.2) is 36.4 Å². The van der Waals surface area contributed by atoms with E-state index in [0.717, 1.165) is 11.8 Å². The maximum absolute atomic E-state index is 11.7. The predicted octanol–water partition coefficient (Wildman–Crippen LogP) is 5.07. The molecule has 2 aromatic carbocycles. The van der Waals surface area contributed by atoms with Crippen molar-refractivity contribution in [3.8, 4) is 5.75 Å². The normalized spacial score (nSPS) is 12.9. The van der Waals surface area contributed by atoms with Gasteiger partial charge in [0.25, 0.3) is 0 Å². The molecule has 0 aliphatic rings. The number of ether oxygens (including phenoxy) is 2. The third-order valence-corrected chi connectivity index (χ3v) is 3.79. The average Bonchev–Trinajstić information content (AvgIpc) is 2.49. The molecule has 0 aliphatic carbocycles. The van der Waals surface area contributed by atoms with Gasteiger partial charge in [-0.2, -0.15) is 0 Å². The van der Waals surface area contributed by atoms with Crippen molar-refractivity contribution in [1.29, 1.82) is 0 Å². The molecular formula is C20H26O3. The molecule has 1 unspecified atom stereocenters. The van der Waals surface area contributed by atoms with E-state index in [9.17, 15) is 4.79 Å². The molecule has 0 spiro atoms. The number of hydrogen-bond donors (Lipinski definition) is 0. The van der Waals surface area contributed by atoms with E-state index in [0.29, 0.717) is 11.7 Å². The Kier molecular flexibility index (Phi) is 5.30. The van der Waals surface area contributed by atoms with Crippen LogP contribution in [0.4, 0.5) is 0 Å². The summed E-state index contributed by atoms with van der Waals surface area (Å²) in [7, 11) is 0. The Morgan fingerprint density at radius 2 is 1.74 bits per heavy atom. The minimum absolute atomic E-state index is 0.0757. The Morgan fingerprint density at radius 1 is 1.09 bits per heavy atom. The third-order valence-electron chi connectivity index (χ3n) is 3.79. The van der Waals surface area contributed by atoms with E-state index in [1.54, 1.807) is 0 Å². The molecule has 0 radical (unpaired) electrons. The molecule has 0 amide bonds. The lowest BCUT2D eigenvalue weighted by Gasteiger charge is -2.19. The third kappa shape index (κ3) is 4.98. The molecule has 23 heavy (non-hydrogen) atoms. The summed E-state index contributed by atoms with van der Waals surface area (Å²) in [6.07, 6.45) is 1.13. The fourth-order valence-electron chi connectivity index (χ4n) is 2.39. The second kappa shape index (κ2) is 7.03. The standard InChI is InChI=1S/C20H26O3/c1-6-14(2)15-7-8-17-12-18(10-9-16(17)11-15)22-13-19(21)23-20(3,4)5/h7-12,14H,6,13H2,1-5H3. The van der Waals surface area contributed by atoms with Crippen LogP contribution in [0.5, 0.6) is 5.75 Å². The molecule has 0 bridgehead atoms. The Hall–Kier alpha value is -2.03. The van der Waals surface area contributed by atoms with Gasteiger partial charge in [0.2, 0.25) is 0 Å². The van der Waals surface area contributed by atoms with Crippen LogP contribution in [0.2, 0.25) is 0 Å². The van der Waals surface area contributed by atoms with Gasteiger partial charge in [-0.3, -0.25) is 0 Å². The molecule has 2 rings (SSSR count). The van der Waals surface area contributed by atoms with Crippen molar-refractivity contribution >= 4 is 16.7 Å². The van der Waals surface area contributed by atoms with E-state index in [1.165, 1.54) is 10.9 Å². The van der Waals surface area contributed by atoms with Crippen LogP contribution >= 0.6 is 0 Å². The predicted molar refractivity (Wildman–Crippen MR) is 94.0 cm³/mol. The van der Waals surface area contributed by atoms with Gasteiger partial charge >= 0.3 is 5.97 Å². The van der Waals surface area contributed by atoms with E-state index in [2.05, 4.69) is 32.0 Å². The zero-order valence-electron chi connectivity index (χ0n) is 14.7. The Labute approximate surface area is 138 Å². The van der Waals surface area contributed by atoms with E-state index in [4.69, 9.17) is 9.47 Å². The average molecular weight is 314 g/mol. The Balaban J connectivity index is 2.07. The van der Waals surface area contributed by atoms with Crippen LogP contribution in [0.3, 0.4) is 0 Å². The fourth-order valence-corrected chi connectivity index (χ4v) is 2.39. The van der Waals surface area contributed by atoms with Gasteiger partial charge in [0.1, 0.15) is 11.4 Å². The Morgan fingerprint density at radius 3 is 2.39 bits per heavy atom. The van der Waals surface area contributed by atoms with Crippen LogP contribution in [-0.2, 0) is 9.53 Å². The van der Waals surface area contributed by atoms with Gasteiger partial charge in [-0.05, 0) is 61.6 Å². The molecule has 0 N–H and O–H groups in total. The topological polar surface area (TPSA) is 35.5 Å². The molecule has 0 fully saturated rings. The minimum Gasteiger partial charge on any atom is -0.482 e.